The summed E-state index contributed by atoms with van der Waals surface area (Å²) in [5, 5.41) is 9.50. The molecule has 0 aromatic heterocycles. The number of esters is 1. The normalized spacial score (nSPS) is 14.2. The maximum absolute atomic E-state index is 13.5. The van der Waals surface area contributed by atoms with E-state index in [2.05, 4.69) is 0 Å². The second-order valence-corrected chi connectivity index (χ2v) is 3.64. The number of carbonyl (C=O) groups is 1. The molecule has 17 heavy (non-hydrogen) atoms. The molecular formula is C12H14F2O3. The number of aliphatic hydroxyl groups is 1. The van der Waals surface area contributed by atoms with Crippen LogP contribution in [0.4, 0.5) is 8.78 Å². The molecule has 1 aromatic rings. The third kappa shape index (κ3) is 3.23. The maximum Gasteiger partial charge on any atom is 0.316 e. The van der Waals surface area contributed by atoms with Gasteiger partial charge in [0.05, 0.1) is 12.7 Å². The van der Waals surface area contributed by atoms with Crippen molar-refractivity contribution >= 4 is 5.97 Å². The summed E-state index contributed by atoms with van der Waals surface area (Å²) in [4.78, 5) is 11.6. The van der Waals surface area contributed by atoms with E-state index in [-0.39, 0.29) is 12.2 Å². The van der Waals surface area contributed by atoms with Crippen molar-refractivity contribution in [1.82, 2.24) is 0 Å². The van der Waals surface area contributed by atoms with Crippen molar-refractivity contribution in [2.45, 2.75) is 25.9 Å². The van der Waals surface area contributed by atoms with Crippen molar-refractivity contribution in [3.05, 3.63) is 35.4 Å². The Kier molecular flexibility index (Phi) is 4.57. The summed E-state index contributed by atoms with van der Waals surface area (Å²) in [5.74, 6) is -3.48. The van der Waals surface area contributed by atoms with Crippen LogP contribution in [0.1, 0.15) is 25.3 Å². The maximum atomic E-state index is 13.5. The molecular weight excluding hydrogens is 230 g/mol. The highest BCUT2D eigenvalue weighted by molar-refractivity contribution is 5.79. The van der Waals surface area contributed by atoms with E-state index >= 15 is 0 Å². The molecule has 94 valence electrons. The molecule has 1 N–H and O–H groups in total. The van der Waals surface area contributed by atoms with Gasteiger partial charge in [0.25, 0.3) is 0 Å². The number of benzene rings is 1. The van der Waals surface area contributed by atoms with Crippen LogP contribution in [0.15, 0.2) is 18.2 Å². The average molecular weight is 244 g/mol. The topological polar surface area (TPSA) is 46.5 Å². The number of halogens is 2. The first kappa shape index (κ1) is 13.6. The van der Waals surface area contributed by atoms with Gasteiger partial charge >= 0.3 is 5.97 Å². The molecule has 0 saturated carbocycles. The van der Waals surface area contributed by atoms with E-state index in [1.165, 1.54) is 6.92 Å². The molecule has 0 amide bonds. The quantitative estimate of drug-likeness (QED) is 0.824. The Morgan fingerprint density at radius 3 is 2.59 bits per heavy atom. The highest BCUT2D eigenvalue weighted by Gasteiger charge is 2.29. The molecule has 2 atom stereocenters. The lowest BCUT2D eigenvalue weighted by Crippen LogP contribution is -2.26. The lowest BCUT2D eigenvalue weighted by molar-refractivity contribution is -0.147. The van der Waals surface area contributed by atoms with Crippen molar-refractivity contribution in [3.8, 4) is 0 Å². The molecule has 5 heteroatoms. The molecule has 0 fully saturated rings. The van der Waals surface area contributed by atoms with Gasteiger partial charge in [0, 0.05) is 11.6 Å². The fraction of sp³-hybridized carbons (Fsp3) is 0.417. The summed E-state index contributed by atoms with van der Waals surface area (Å²) in [6.45, 7) is 3.09. The van der Waals surface area contributed by atoms with Crippen LogP contribution in [-0.4, -0.2) is 23.8 Å². The highest BCUT2D eigenvalue weighted by atomic mass is 19.1. The van der Waals surface area contributed by atoms with Gasteiger partial charge in [0.2, 0.25) is 0 Å². The van der Waals surface area contributed by atoms with Gasteiger partial charge < -0.3 is 9.84 Å². The second-order valence-electron chi connectivity index (χ2n) is 3.64. The van der Waals surface area contributed by atoms with Crippen molar-refractivity contribution in [2.75, 3.05) is 6.61 Å². The number of ether oxygens (including phenoxy) is 1. The third-order valence-electron chi connectivity index (χ3n) is 2.32. The van der Waals surface area contributed by atoms with E-state index in [1.807, 2.05) is 0 Å². The smallest absolute Gasteiger partial charge is 0.316 e. The Morgan fingerprint density at radius 2 is 2.12 bits per heavy atom. The van der Waals surface area contributed by atoms with Gasteiger partial charge in [0.15, 0.2) is 0 Å². The van der Waals surface area contributed by atoms with Gasteiger partial charge in [-0.05, 0) is 19.9 Å². The lowest BCUT2D eigenvalue weighted by atomic mass is 9.94. The summed E-state index contributed by atoms with van der Waals surface area (Å²) in [5.41, 5.74) is -0.0696. The van der Waals surface area contributed by atoms with Crippen LogP contribution in [0.2, 0.25) is 0 Å². The van der Waals surface area contributed by atoms with Gasteiger partial charge in [-0.1, -0.05) is 6.07 Å². The van der Waals surface area contributed by atoms with Crippen LogP contribution in [-0.2, 0) is 9.53 Å². The SMILES string of the molecule is CCOC(=O)C(c1ccc(F)cc1F)C(C)O. The first-order valence-electron chi connectivity index (χ1n) is 5.27. The van der Waals surface area contributed by atoms with Crippen LogP contribution in [0.5, 0.6) is 0 Å². The molecule has 0 aliphatic heterocycles. The van der Waals surface area contributed by atoms with Gasteiger partial charge in [-0.15, -0.1) is 0 Å². The molecule has 0 bridgehead atoms. The molecule has 1 aromatic carbocycles. The summed E-state index contributed by atoms with van der Waals surface area (Å²) >= 11 is 0. The van der Waals surface area contributed by atoms with E-state index in [9.17, 15) is 18.7 Å². The van der Waals surface area contributed by atoms with Gasteiger partial charge in [-0.2, -0.15) is 0 Å². The Bertz CT molecular complexity index is 405. The van der Waals surface area contributed by atoms with E-state index in [1.54, 1.807) is 6.92 Å². The summed E-state index contributed by atoms with van der Waals surface area (Å²) in [6, 6.07) is 2.84. The predicted octanol–water partition coefficient (Wildman–Crippen LogP) is 1.99. The van der Waals surface area contributed by atoms with Gasteiger partial charge in [-0.25, -0.2) is 8.78 Å². The Labute approximate surface area is 98.0 Å². The fourth-order valence-corrected chi connectivity index (χ4v) is 1.57. The number of rotatable bonds is 4. The molecule has 0 spiro atoms. The molecule has 0 aliphatic carbocycles. The number of aliphatic hydroxyl groups excluding tert-OH is 1. The van der Waals surface area contributed by atoms with Crippen molar-refractivity contribution in [2.24, 2.45) is 0 Å². The molecule has 2 unspecified atom stereocenters. The standard InChI is InChI=1S/C12H14F2O3/c1-3-17-12(16)11(7(2)15)9-5-4-8(13)6-10(9)14/h4-7,11,15H,3H2,1-2H3. The van der Waals surface area contributed by atoms with E-state index in [0.717, 1.165) is 12.1 Å². The fourth-order valence-electron chi connectivity index (χ4n) is 1.57. The monoisotopic (exact) mass is 244 g/mol. The Morgan fingerprint density at radius 1 is 1.47 bits per heavy atom. The second kappa shape index (κ2) is 5.72. The zero-order chi connectivity index (χ0) is 13.0. The van der Waals surface area contributed by atoms with Gasteiger partial charge in [0.1, 0.15) is 17.6 Å². The Balaban J connectivity index is 3.10. The zero-order valence-corrected chi connectivity index (χ0v) is 9.61. The van der Waals surface area contributed by atoms with Crippen LogP contribution in [0.3, 0.4) is 0 Å². The minimum Gasteiger partial charge on any atom is -0.465 e. The Hall–Kier alpha value is -1.49. The van der Waals surface area contributed by atoms with Crippen LogP contribution in [0, 0.1) is 11.6 Å². The largest absolute Gasteiger partial charge is 0.465 e. The predicted molar refractivity (Wildman–Crippen MR) is 57.4 cm³/mol. The van der Waals surface area contributed by atoms with Crippen molar-refractivity contribution in [3.63, 3.8) is 0 Å². The molecule has 1 rings (SSSR count). The number of carbonyl (C=O) groups excluding carboxylic acids is 1. The van der Waals surface area contributed by atoms with Crippen LogP contribution in [0.25, 0.3) is 0 Å². The first-order chi connectivity index (χ1) is 7.97. The molecule has 0 radical (unpaired) electrons. The first-order valence-corrected chi connectivity index (χ1v) is 5.27. The molecule has 0 heterocycles. The summed E-state index contributed by atoms with van der Waals surface area (Å²) in [6.07, 6.45) is -1.12. The van der Waals surface area contributed by atoms with E-state index < -0.39 is 29.6 Å². The van der Waals surface area contributed by atoms with Crippen LogP contribution >= 0.6 is 0 Å². The van der Waals surface area contributed by atoms with E-state index in [0.29, 0.717) is 6.07 Å². The summed E-state index contributed by atoms with van der Waals surface area (Å²) < 4.78 is 31.0. The number of hydrogen-bond acceptors (Lipinski definition) is 3. The lowest BCUT2D eigenvalue weighted by Gasteiger charge is -2.19. The van der Waals surface area contributed by atoms with Crippen molar-refractivity contribution < 1.29 is 23.4 Å². The highest BCUT2D eigenvalue weighted by Crippen LogP contribution is 2.25. The summed E-state index contributed by atoms with van der Waals surface area (Å²) in [7, 11) is 0. The number of hydrogen-bond donors (Lipinski definition) is 1. The third-order valence-corrected chi connectivity index (χ3v) is 2.32. The van der Waals surface area contributed by atoms with E-state index in [4.69, 9.17) is 4.74 Å². The molecule has 3 nitrogen and oxygen atoms in total. The molecule has 0 aliphatic rings. The van der Waals surface area contributed by atoms with Gasteiger partial charge in [-0.3, -0.25) is 4.79 Å². The van der Waals surface area contributed by atoms with Crippen LogP contribution < -0.4 is 0 Å². The average Bonchev–Trinajstić information content (AvgIpc) is 2.21. The minimum absolute atomic E-state index is 0.0696. The zero-order valence-electron chi connectivity index (χ0n) is 9.61. The molecule has 0 saturated heterocycles. The van der Waals surface area contributed by atoms with Crippen molar-refractivity contribution in [1.29, 1.82) is 0 Å². The minimum atomic E-state index is -1.14.